The molecule has 1 N–H and O–H groups in total. The normalized spacial score (nSPS) is 16.5. The first kappa shape index (κ1) is 8.86. The van der Waals surface area contributed by atoms with Crippen LogP contribution in [0, 0.1) is 11.7 Å². The lowest BCUT2D eigenvalue weighted by Gasteiger charge is -2.36. The summed E-state index contributed by atoms with van der Waals surface area (Å²) in [4.78, 5) is 19.7. The number of aliphatic carboxylic acids is 1. The first-order valence-electron chi connectivity index (χ1n) is 4.12. The summed E-state index contributed by atoms with van der Waals surface area (Å²) in [7, 11) is 0. The van der Waals surface area contributed by atoms with E-state index >= 15 is 0 Å². The maximum Gasteiger partial charge on any atom is 0.310 e. The minimum Gasteiger partial charge on any atom is -0.481 e. The number of carboxylic acid groups (broad SMARTS) is 1. The van der Waals surface area contributed by atoms with Crippen LogP contribution in [0.3, 0.4) is 0 Å². The van der Waals surface area contributed by atoms with E-state index in [-0.39, 0.29) is 5.92 Å². The summed E-state index contributed by atoms with van der Waals surface area (Å²) in [5.41, 5.74) is 0. The lowest BCUT2D eigenvalue weighted by molar-refractivity contribution is -0.142. The molecule has 1 aromatic heterocycles. The standard InChI is InChI=1S/C8H8FN3O2/c9-6-1-10-8(11-2-6)12-3-5(4-12)7(13)14/h1-2,5H,3-4H2,(H,13,14). The smallest absolute Gasteiger partial charge is 0.310 e. The summed E-state index contributed by atoms with van der Waals surface area (Å²) in [5.74, 6) is -1.29. The zero-order valence-corrected chi connectivity index (χ0v) is 7.22. The van der Waals surface area contributed by atoms with Gasteiger partial charge in [0, 0.05) is 13.1 Å². The summed E-state index contributed by atoms with van der Waals surface area (Å²) in [6.07, 6.45) is 2.13. The fourth-order valence-electron chi connectivity index (χ4n) is 1.27. The van der Waals surface area contributed by atoms with Crippen molar-refractivity contribution in [1.82, 2.24) is 9.97 Å². The molecular formula is C8H8FN3O2. The summed E-state index contributed by atoms with van der Waals surface area (Å²) in [5, 5.41) is 8.61. The monoisotopic (exact) mass is 197 g/mol. The number of hydrogen-bond acceptors (Lipinski definition) is 4. The SMILES string of the molecule is O=C(O)C1CN(c2ncc(F)cn2)C1. The van der Waals surface area contributed by atoms with E-state index in [9.17, 15) is 9.18 Å². The molecule has 1 aromatic rings. The molecular weight excluding hydrogens is 189 g/mol. The highest BCUT2D eigenvalue weighted by Gasteiger charge is 2.33. The number of carboxylic acids is 1. The van der Waals surface area contributed by atoms with Crippen molar-refractivity contribution < 1.29 is 14.3 Å². The zero-order valence-electron chi connectivity index (χ0n) is 7.22. The molecule has 0 saturated carbocycles. The van der Waals surface area contributed by atoms with Gasteiger partial charge in [-0.1, -0.05) is 0 Å². The molecule has 1 saturated heterocycles. The third-order valence-electron chi connectivity index (χ3n) is 2.12. The maximum absolute atomic E-state index is 12.4. The Morgan fingerprint density at radius 1 is 1.50 bits per heavy atom. The molecule has 0 radical (unpaired) electrons. The van der Waals surface area contributed by atoms with Crippen LogP contribution >= 0.6 is 0 Å². The maximum atomic E-state index is 12.4. The van der Waals surface area contributed by atoms with Crippen LogP contribution in [0.25, 0.3) is 0 Å². The van der Waals surface area contributed by atoms with E-state index in [0.29, 0.717) is 19.0 Å². The molecule has 6 heteroatoms. The number of aromatic nitrogens is 2. The molecule has 0 atom stereocenters. The van der Waals surface area contributed by atoms with Crippen LogP contribution in [0.5, 0.6) is 0 Å². The predicted octanol–water partition coefficient (Wildman–Crippen LogP) is 0.136. The number of halogens is 1. The Labute approximate surface area is 79.2 Å². The molecule has 14 heavy (non-hydrogen) atoms. The van der Waals surface area contributed by atoms with Crippen LogP contribution in [-0.4, -0.2) is 34.1 Å². The Bertz CT molecular complexity index is 348. The predicted molar refractivity (Wildman–Crippen MR) is 45.3 cm³/mol. The second-order valence-corrected chi connectivity index (χ2v) is 3.14. The molecule has 0 amide bonds. The van der Waals surface area contributed by atoms with Gasteiger partial charge in [-0.3, -0.25) is 4.79 Å². The number of hydrogen-bond donors (Lipinski definition) is 1. The molecule has 1 aliphatic heterocycles. The van der Waals surface area contributed by atoms with Gasteiger partial charge in [-0.05, 0) is 0 Å². The topological polar surface area (TPSA) is 66.3 Å². The van der Waals surface area contributed by atoms with Gasteiger partial charge in [0.15, 0.2) is 5.82 Å². The van der Waals surface area contributed by atoms with Gasteiger partial charge in [0.2, 0.25) is 5.95 Å². The van der Waals surface area contributed by atoms with E-state index < -0.39 is 11.8 Å². The fraction of sp³-hybridized carbons (Fsp3) is 0.375. The van der Waals surface area contributed by atoms with Crippen molar-refractivity contribution in [3.8, 4) is 0 Å². The zero-order chi connectivity index (χ0) is 10.1. The molecule has 1 fully saturated rings. The first-order valence-corrected chi connectivity index (χ1v) is 4.12. The average Bonchev–Trinajstić information content (AvgIpc) is 2.05. The van der Waals surface area contributed by atoms with E-state index in [2.05, 4.69) is 9.97 Å². The third-order valence-corrected chi connectivity index (χ3v) is 2.12. The quantitative estimate of drug-likeness (QED) is 0.730. The van der Waals surface area contributed by atoms with E-state index in [0.717, 1.165) is 12.4 Å². The molecule has 0 bridgehead atoms. The van der Waals surface area contributed by atoms with Crippen molar-refractivity contribution >= 4 is 11.9 Å². The molecule has 1 aliphatic rings. The van der Waals surface area contributed by atoms with Crippen LogP contribution in [-0.2, 0) is 4.79 Å². The molecule has 5 nitrogen and oxygen atoms in total. The van der Waals surface area contributed by atoms with Gasteiger partial charge in [-0.25, -0.2) is 14.4 Å². The second kappa shape index (κ2) is 3.21. The lowest BCUT2D eigenvalue weighted by Crippen LogP contribution is -2.51. The molecule has 0 unspecified atom stereocenters. The number of carbonyl (C=O) groups is 1. The van der Waals surface area contributed by atoms with Crippen LogP contribution < -0.4 is 4.90 Å². The van der Waals surface area contributed by atoms with Crippen molar-refractivity contribution in [3.63, 3.8) is 0 Å². The van der Waals surface area contributed by atoms with Gasteiger partial charge in [0.1, 0.15) is 0 Å². The van der Waals surface area contributed by atoms with Crippen LogP contribution in [0.2, 0.25) is 0 Å². The number of anilines is 1. The largest absolute Gasteiger partial charge is 0.481 e. The van der Waals surface area contributed by atoms with Crippen molar-refractivity contribution in [3.05, 3.63) is 18.2 Å². The van der Waals surface area contributed by atoms with Gasteiger partial charge in [0.25, 0.3) is 0 Å². The highest BCUT2D eigenvalue weighted by Crippen LogP contribution is 2.20. The van der Waals surface area contributed by atoms with E-state index in [1.807, 2.05) is 0 Å². The van der Waals surface area contributed by atoms with Crippen molar-refractivity contribution in [2.75, 3.05) is 18.0 Å². The highest BCUT2D eigenvalue weighted by molar-refractivity contribution is 5.73. The number of nitrogens with zero attached hydrogens (tertiary/aromatic N) is 3. The summed E-state index contributed by atoms with van der Waals surface area (Å²) >= 11 is 0. The molecule has 0 spiro atoms. The molecule has 0 aromatic carbocycles. The van der Waals surface area contributed by atoms with Crippen molar-refractivity contribution in [1.29, 1.82) is 0 Å². The molecule has 0 aliphatic carbocycles. The Morgan fingerprint density at radius 2 is 2.07 bits per heavy atom. The van der Waals surface area contributed by atoms with E-state index in [1.54, 1.807) is 4.90 Å². The van der Waals surface area contributed by atoms with Gasteiger partial charge >= 0.3 is 5.97 Å². The lowest BCUT2D eigenvalue weighted by atomic mass is 10.0. The van der Waals surface area contributed by atoms with Gasteiger partial charge in [0.05, 0.1) is 18.3 Å². The average molecular weight is 197 g/mol. The molecule has 2 rings (SSSR count). The van der Waals surface area contributed by atoms with Gasteiger partial charge < -0.3 is 10.0 Å². The third kappa shape index (κ3) is 1.50. The Balaban J connectivity index is 2.00. The fourth-order valence-corrected chi connectivity index (χ4v) is 1.27. The molecule has 2 heterocycles. The number of rotatable bonds is 2. The first-order chi connectivity index (χ1) is 6.66. The van der Waals surface area contributed by atoms with Gasteiger partial charge in [-0.2, -0.15) is 0 Å². The minimum absolute atomic E-state index is 0.358. The van der Waals surface area contributed by atoms with E-state index in [1.165, 1.54) is 0 Å². The summed E-state index contributed by atoms with van der Waals surface area (Å²) in [6, 6.07) is 0. The van der Waals surface area contributed by atoms with Crippen molar-refractivity contribution in [2.24, 2.45) is 5.92 Å². The Hall–Kier alpha value is -1.72. The second-order valence-electron chi connectivity index (χ2n) is 3.14. The van der Waals surface area contributed by atoms with Crippen LogP contribution in [0.4, 0.5) is 10.3 Å². The van der Waals surface area contributed by atoms with Crippen LogP contribution in [0.15, 0.2) is 12.4 Å². The summed E-state index contributed by atoms with van der Waals surface area (Å²) < 4.78 is 12.4. The van der Waals surface area contributed by atoms with Gasteiger partial charge in [-0.15, -0.1) is 0 Å². The molecule has 74 valence electrons. The minimum atomic E-state index is -0.816. The Morgan fingerprint density at radius 3 is 2.57 bits per heavy atom. The Kier molecular flexibility index (Phi) is 2.03. The highest BCUT2D eigenvalue weighted by atomic mass is 19.1. The van der Waals surface area contributed by atoms with Crippen LogP contribution in [0.1, 0.15) is 0 Å². The van der Waals surface area contributed by atoms with E-state index in [4.69, 9.17) is 5.11 Å². The summed E-state index contributed by atoms with van der Waals surface area (Å²) in [6.45, 7) is 0.780. The van der Waals surface area contributed by atoms with Crippen molar-refractivity contribution in [2.45, 2.75) is 0 Å².